The molecule has 24 heavy (non-hydrogen) atoms. The number of ether oxygens (including phenoxy) is 2. The average Bonchev–Trinajstić information content (AvgIpc) is 2.52. The number of hydrogen-bond donors (Lipinski definition) is 1. The van der Waals surface area contributed by atoms with Crippen molar-refractivity contribution in [3.63, 3.8) is 0 Å². The van der Waals surface area contributed by atoms with Crippen LogP contribution in [0.4, 0.5) is 5.69 Å². The Balaban J connectivity index is 1.90. The van der Waals surface area contributed by atoms with Crippen LogP contribution in [0.3, 0.4) is 0 Å². The van der Waals surface area contributed by atoms with Gasteiger partial charge in [-0.1, -0.05) is 24.2 Å². The number of carbonyl (C=O) groups is 1. The number of benzene rings is 2. The predicted molar refractivity (Wildman–Crippen MR) is 100 cm³/mol. The van der Waals surface area contributed by atoms with Crippen LogP contribution >= 0.6 is 27.5 Å². The maximum absolute atomic E-state index is 12.0. The number of rotatable bonds is 7. The Bertz CT molecular complexity index is 749. The molecule has 0 bridgehead atoms. The van der Waals surface area contributed by atoms with Crippen LogP contribution < -0.4 is 14.8 Å². The zero-order valence-corrected chi connectivity index (χ0v) is 15.5. The summed E-state index contributed by atoms with van der Waals surface area (Å²) >= 11 is 9.20. The fraction of sp³-hybridized carbons (Fsp3) is 0.167. The van der Waals surface area contributed by atoms with E-state index in [1.165, 1.54) is 0 Å². The first-order chi connectivity index (χ1) is 11.4. The number of hydrogen-bond acceptors (Lipinski definition) is 3. The minimum absolute atomic E-state index is 0.114. The van der Waals surface area contributed by atoms with Crippen molar-refractivity contribution in [1.82, 2.24) is 0 Å². The molecule has 6 heteroatoms. The normalized spacial score (nSPS) is 10.1. The molecule has 0 spiro atoms. The summed E-state index contributed by atoms with van der Waals surface area (Å²) < 4.78 is 11.7. The van der Waals surface area contributed by atoms with E-state index in [2.05, 4.69) is 27.8 Å². The molecule has 0 aliphatic rings. The second kappa shape index (κ2) is 8.76. The number of carbonyl (C=O) groups excluding carboxylic acids is 1. The van der Waals surface area contributed by atoms with Crippen molar-refractivity contribution in [3.05, 3.63) is 64.1 Å². The van der Waals surface area contributed by atoms with E-state index in [0.29, 0.717) is 33.3 Å². The summed E-state index contributed by atoms with van der Waals surface area (Å²) in [5, 5.41) is 3.35. The summed E-state index contributed by atoms with van der Waals surface area (Å²) in [4.78, 5) is 12.0. The lowest BCUT2D eigenvalue weighted by Crippen LogP contribution is -2.20. The Morgan fingerprint density at radius 2 is 2.00 bits per heavy atom. The Labute approximate surface area is 154 Å². The monoisotopic (exact) mass is 409 g/mol. The smallest absolute Gasteiger partial charge is 0.262 e. The van der Waals surface area contributed by atoms with Gasteiger partial charge in [-0.3, -0.25) is 4.79 Å². The van der Waals surface area contributed by atoms with Crippen LogP contribution in [0.1, 0.15) is 6.92 Å². The fourth-order valence-electron chi connectivity index (χ4n) is 1.80. The molecule has 0 saturated carbocycles. The van der Waals surface area contributed by atoms with E-state index in [9.17, 15) is 4.79 Å². The van der Waals surface area contributed by atoms with Crippen molar-refractivity contribution < 1.29 is 14.3 Å². The van der Waals surface area contributed by atoms with Gasteiger partial charge in [0, 0.05) is 16.8 Å². The molecular weight excluding hydrogens is 394 g/mol. The van der Waals surface area contributed by atoms with Gasteiger partial charge in [-0.25, -0.2) is 0 Å². The average molecular weight is 411 g/mol. The van der Waals surface area contributed by atoms with E-state index in [1.54, 1.807) is 36.4 Å². The molecule has 4 nitrogen and oxygen atoms in total. The third-order valence-corrected chi connectivity index (χ3v) is 3.71. The number of halogens is 2. The van der Waals surface area contributed by atoms with Crippen molar-refractivity contribution in [3.8, 4) is 11.5 Å². The van der Waals surface area contributed by atoms with E-state index in [1.807, 2.05) is 13.0 Å². The molecule has 0 heterocycles. The van der Waals surface area contributed by atoms with Gasteiger partial charge >= 0.3 is 0 Å². The highest BCUT2D eigenvalue weighted by Gasteiger charge is 2.07. The summed E-state index contributed by atoms with van der Waals surface area (Å²) in [5.74, 6) is 0.944. The maximum atomic E-state index is 12.0. The van der Waals surface area contributed by atoms with Gasteiger partial charge in [-0.15, -0.1) is 0 Å². The van der Waals surface area contributed by atoms with Gasteiger partial charge in [0.05, 0.1) is 4.47 Å². The molecule has 2 aromatic rings. The number of nitrogens with one attached hydrogen (secondary N) is 1. The van der Waals surface area contributed by atoms with Crippen molar-refractivity contribution in [2.75, 3.05) is 18.5 Å². The molecule has 0 unspecified atom stereocenters. The number of anilines is 1. The maximum Gasteiger partial charge on any atom is 0.262 e. The van der Waals surface area contributed by atoms with Gasteiger partial charge in [0.25, 0.3) is 5.91 Å². The molecule has 0 aromatic heterocycles. The van der Waals surface area contributed by atoms with E-state index in [-0.39, 0.29) is 12.5 Å². The van der Waals surface area contributed by atoms with Crippen LogP contribution in [-0.4, -0.2) is 19.1 Å². The Hall–Kier alpha value is -1.98. The molecule has 0 aliphatic carbocycles. The molecule has 1 amide bonds. The van der Waals surface area contributed by atoms with Crippen LogP contribution in [0.2, 0.25) is 5.02 Å². The second-order valence-corrected chi connectivity index (χ2v) is 6.48. The van der Waals surface area contributed by atoms with Gasteiger partial charge in [0.1, 0.15) is 18.1 Å². The summed E-state index contributed by atoms with van der Waals surface area (Å²) in [6.45, 7) is 5.99. The van der Waals surface area contributed by atoms with Crippen LogP contribution in [0.25, 0.3) is 0 Å². The van der Waals surface area contributed by atoms with E-state index >= 15 is 0 Å². The molecule has 0 atom stereocenters. The molecule has 126 valence electrons. The summed E-state index contributed by atoms with van der Waals surface area (Å²) in [7, 11) is 0. The predicted octanol–water partition coefficient (Wildman–Crippen LogP) is 5.07. The fourth-order valence-corrected chi connectivity index (χ4v) is 2.60. The highest BCUT2D eigenvalue weighted by atomic mass is 79.9. The number of amides is 1. The highest BCUT2D eigenvalue weighted by molar-refractivity contribution is 9.10. The molecular formula is C18H17BrClNO3. The second-order valence-electron chi connectivity index (χ2n) is 5.19. The van der Waals surface area contributed by atoms with Crippen molar-refractivity contribution in [2.45, 2.75) is 6.92 Å². The first-order valence-electron chi connectivity index (χ1n) is 7.19. The van der Waals surface area contributed by atoms with Gasteiger partial charge < -0.3 is 14.8 Å². The Morgan fingerprint density at radius 3 is 2.71 bits per heavy atom. The van der Waals surface area contributed by atoms with Gasteiger partial charge in [-0.05, 0) is 58.8 Å². The van der Waals surface area contributed by atoms with Crippen molar-refractivity contribution >= 4 is 39.1 Å². The molecule has 0 fully saturated rings. The highest BCUT2D eigenvalue weighted by Crippen LogP contribution is 2.28. The van der Waals surface area contributed by atoms with E-state index < -0.39 is 0 Å². The topological polar surface area (TPSA) is 47.6 Å². The largest absolute Gasteiger partial charge is 0.489 e. The lowest BCUT2D eigenvalue weighted by atomic mass is 10.3. The molecule has 0 saturated heterocycles. The molecule has 0 aliphatic heterocycles. The quantitative estimate of drug-likeness (QED) is 0.648. The summed E-state index contributed by atoms with van der Waals surface area (Å²) in [6, 6.07) is 12.3. The lowest BCUT2D eigenvalue weighted by Gasteiger charge is -2.10. The third kappa shape index (κ3) is 5.91. The van der Waals surface area contributed by atoms with E-state index in [0.717, 1.165) is 5.57 Å². The molecule has 2 rings (SSSR count). The Morgan fingerprint density at radius 1 is 1.21 bits per heavy atom. The van der Waals surface area contributed by atoms with Gasteiger partial charge in [0.15, 0.2) is 6.61 Å². The Kier molecular flexibility index (Phi) is 6.70. The minimum Gasteiger partial charge on any atom is -0.489 e. The molecule has 0 radical (unpaired) electrons. The zero-order chi connectivity index (χ0) is 17.5. The van der Waals surface area contributed by atoms with E-state index in [4.69, 9.17) is 21.1 Å². The summed E-state index contributed by atoms with van der Waals surface area (Å²) in [5.41, 5.74) is 1.56. The van der Waals surface area contributed by atoms with Crippen molar-refractivity contribution in [2.24, 2.45) is 0 Å². The summed E-state index contributed by atoms with van der Waals surface area (Å²) in [6.07, 6.45) is 0. The van der Waals surface area contributed by atoms with Crippen molar-refractivity contribution in [1.29, 1.82) is 0 Å². The van der Waals surface area contributed by atoms with Crippen LogP contribution in [0.5, 0.6) is 11.5 Å². The zero-order valence-electron chi connectivity index (χ0n) is 13.1. The molecule has 1 N–H and O–H groups in total. The first-order valence-corrected chi connectivity index (χ1v) is 8.36. The molecule has 2 aromatic carbocycles. The first kappa shape index (κ1) is 18.4. The van der Waals surface area contributed by atoms with Crippen LogP contribution in [0.15, 0.2) is 59.1 Å². The lowest BCUT2D eigenvalue weighted by molar-refractivity contribution is -0.118. The van der Waals surface area contributed by atoms with Crippen LogP contribution in [-0.2, 0) is 4.79 Å². The van der Waals surface area contributed by atoms with Gasteiger partial charge in [0.2, 0.25) is 0 Å². The SMILES string of the molecule is C=C(C)COc1cccc(NC(=O)COc2ccc(Cl)cc2Br)c1. The van der Waals surface area contributed by atoms with Crippen LogP contribution in [0, 0.1) is 0 Å². The standard InChI is InChI=1S/C18H17BrClNO3/c1-12(2)10-23-15-5-3-4-14(9-15)21-18(22)11-24-17-7-6-13(20)8-16(17)19/h3-9H,1,10-11H2,2H3,(H,21,22). The third-order valence-electron chi connectivity index (χ3n) is 2.86. The van der Waals surface area contributed by atoms with Gasteiger partial charge in [-0.2, -0.15) is 0 Å². The minimum atomic E-state index is -0.270.